The van der Waals surface area contributed by atoms with E-state index in [-0.39, 0.29) is 17.8 Å². The molecule has 4 nitrogen and oxygen atoms in total. The molecule has 0 radical (unpaired) electrons. The fourth-order valence-electron chi connectivity index (χ4n) is 1.92. The molecule has 0 spiro atoms. The van der Waals surface area contributed by atoms with E-state index < -0.39 is 0 Å². The fourth-order valence-corrected chi connectivity index (χ4v) is 1.92. The van der Waals surface area contributed by atoms with Gasteiger partial charge in [0.25, 0.3) is 0 Å². The topological polar surface area (TPSA) is 53.2 Å². The summed E-state index contributed by atoms with van der Waals surface area (Å²) in [5.74, 6) is -0.484. The number of halogens is 1. The van der Waals surface area contributed by atoms with Crippen LogP contribution >= 0.6 is 0 Å². The van der Waals surface area contributed by atoms with Crippen molar-refractivity contribution < 1.29 is 9.18 Å². The van der Waals surface area contributed by atoms with Crippen LogP contribution in [0.1, 0.15) is 12.5 Å². The fraction of sp³-hybridized carbons (Fsp3) is 0.462. The molecule has 0 saturated carbocycles. The highest BCUT2D eigenvalue weighted by Crippen LogP contribution is 2.16. The number of benzene rings is 1. The number of nitrogens with one attached hydrogen (secondary N) is 3. The average molecular weight is 251 g/mol. The maximum Gasteiger partial charge on any atom is 0.242 e. The molecule has 5 heteroatoms. The average Bonchev–Trinajstić information content (AvgIpc) is 2.34. The first-order valence-electron chi connectivity index (χ1n) is 6.10. The maximum atomic E-state index is 13.1. The number of aryl methyl sites for hydroxylation is 1. The van der Waals surface area contributed by atoms with E-state index in [4.69, 9.17) is 0 Å². The van der Waals surface area contributed by atoms with Crippen molar-refractivity contribution in [3.63, 3.8) is 0 Å². The summed E-state index contributed by atoms with van der Waals surface area (Å²) < 4.78 is 13.1. The third-order valence-corrected chi connectivity index (χ3v) is 3.11. The Morgan fingerprint density at radius 3 is 2.83 bits per heavy atom. The summed E-state index contributed by atoms with van der Waals surface area (Å²) in [6, 6.07) is 4.47. The van der Waals surface area contributed by atoms with Gasteiger partial charge in [-0.05, 0) is 31.5 Å². The highest BCUT2D eigenvalue weighted by Gasteiger charge is 2.23. The summed E-state index contributed by atoms with van der Waals surface area (Å²) in [4.78, 5) is 12.0. The molecule has 1 fully saturated rings. The molecule has 1 aromatic rings. The van der Waals surface area contributed by atoms with Crippen molar-refractivity contribution >= 4 is 11.6 Å². The van der Waals surface area contributed by atoms with Crippen LogP contribution in [0.4, 0.5) is 10.1 Å². The normalized spacial score (nSPS) is 23.7. The first-order chi connectivity index (χ1) is 8.56. The number of piperazine rings is 1. The first-order valence-corrected chi connectivity index (χ1v) is 6.10. The summed E-state index contributed by atoms with van der Waals surface area (Å²) in [7, 11) is 0. The van der Waals surface area contributed by atoms with Gasteiger partial charge in [0.2, 0.25) is 5.91 Å². The smallest absolute Gasteiger partial charge is 0.242 e. The maximum absolute atomic E-state index is 13.1. The number of hydrogen-bond donors (Lipinski definition) is 3. The summed E-state index contributed by atoms with van der Waals surface area (Å²) in [5, 5.41) is 9.14. The van der Waals surface area contributed by atoms with Crippen molar-refractivity contribution in [2.24, 2.45) is 0 Å². The number of rotatable bonds is 2. The van der Waals surface area contributed by atoms with Crippen molar-refractivity contribution in [1.82, 2.24) is 10.6 Å². The van der Waals surface area contributed by atoms with Gasteiger partial charge in [0.05, 0.1) is 6.04 Å². The molecule has 0 bridgehead atoms. The Hall–Kier alpha value is -1.46. The summed E-state index contributed by atoms with van der Waals surface area (Å²) >= 11 is 0. The first kappa shape index (κ1) is 13.0. The lowest BCUT2D eigenvalue weighted by molar-refractivity contribution is -0.118. The van der Waals surface area contributed by atoms with Gasteiger partial charge >= 0.3 is 0 Å². The standard InChI is InChI=1S/C13H18FN3O/c1-8-3-4-10(14)5-11(8)17-13(18)12-7-15-9(2)6-16-12/h3-5,9,12,15-16H,6-7H2,1-2H3,(H,17,18). The summed E-state index contributed by atoms with van der Waals surface area (Å²) in [5.41, 5.74) is 1.38. The Labute approximate surface area is 106 Å². The second-order valence-electron chi connectivity index (χ2n) is 4.72. The number of carbonyl (C=O) groups excluding carboxylic acids is 1. The van der Waals surface area contributed by atoms with Crippen LogP contribution in [0.15, 0.2) is 18.2 Å². The zero-order valence-electron chi connectivity index (χ0n) is 10.6. The van der Waals surface area contributed by atoms with Crippen LogP contribution in [-0.4, -0.2) is 31.1 Å². The van der Waals surface area contributed by atoms with Crippen LogP contribution in [0.2, 0.25) is 0 Å². The van der Waals surface area contributed by atoms with Crippen molar-refractivity contribution in [2.45, 2.75) is 25.9 Å². The SMILES string of the molecule is Cc1ccc(F)cc1NC(=O)C1CNC(C)CN1. The molecule has 1 saturated heterocycles. The minimum Gasteiger partial charge on any atom is -0.324 e. The minimum absolute atomic E-state index is 0.136. The van der Waals surface area contributed by atoms with Crippen molar-refractivity contribution in [3.8, 4) is 0 Å². The molecule has 1 aromatic carbocycles. The van der Waals surface area contributed by atoms with E-state index >= 15 is 0 Å². The Bertz CT molecular complexity index is 442. The van der Waals surface area contributed by atoms with Crippen LogP contribution in [0.3, 0.4) is 0 Å². The lowest BCUT2D eigenvalue weighted by Crippen LogP contribution is -2.57. The highest BCUT2D eigenvalue weighted by atomic mass is 19.1. The number of anilines is 1. The lowest BCUT2D eigenvalue weighted by Gasteiger charge is -2.28. The molecule has 1 heterocycles. The van der Waals surface area contributed by atoms with E-state index in [1.165, 1.54) is 12.1 Å². The quantitative estimate of drug-likeness (QED) is 0.735. The van der Waals surface area contributed by atoms with Crippen LogP contribution in [0.25, 0.3) is 0 Å². The molecule has 3 N–H and O–H groups in total. The zero-order valence-corrected chi connectivity index (χ0v) is 10.6. The monoisotopic (exact) mass is 251 g/mol. The third kappa shape index (κ3) is 3.05. The molecule has 1 amide bonds. The van der Waals surface area contributed by atoms with Gasteiger partial charge in [-0.3, -0.25) is 4.79 Å². The lowest BCUT2D eigenvalue weighted by atomic mass is 10.1. The van der Waals surface area contributed by atoms with E-state index in [1.54, 1.807) is 6.07 Å². The molecule has 18 heavy (non-hydrogen) atoms. The predicted molar refractivity (Wildman–Crippen MR) is 69.0 cm³/mol. The van der Waals surface area contributed by atoms with Crippen molar-refractivity contribution in [3.05, 3.63) is 29.6 Å². The van der Waals surface area contributed by atoms with Crippen molar-refractivity contribution in [2.75, 3.05) is 18.4 Å². The van der Waals surface area contributed by atoms with Gasteiger partial charge in [-0.1, -0.05) is 6.07 Å². The van der Waals surface area contributed by atoms with Gasteiger partial charge in [-0.2, -0.15) is 0 Å². The molecule has 2 rings (SSSR count). The van der Waals surface area contributed by atoms with E-state index in [9.17, 15) is 9.18 Å². The molecular formula is C13H18FN3O. The molecule has 0 aliphatic carbocycles. The third-order valence-electron chi connectivity index (χ3n) is 3.11. The number of hydrogen-bond acceptors (Lipinski definition) is 3. The summed E-state index contributed by atoms with van der Waals surface area (Å²) in [6.45, 7) is 5.23. The van der Waals surface area contributed by atoms with E-state index in [2.05, 4.69) is 22.9 Å². The van der Waals surface area contributed by atoms with E-state index in [1.807, 2.05) is 6.92 Å². The molecule has 98 valence electrons. The van der Waals surface area contributed by atoms with Gasteiger partial charge < -0.3 is 16.0 Å². The van der Waals surface area contributed by atoms with E-state index in [0.717, 1.165) is 12.1 Å². The van der Waals surface area contributed by atoms with Gasteiger partial charge in [0, 0.05) is 24.8 Å². The van der Waals surface area contributed by atoms with Crippen LogP contribution < -0.4 is 16.0 Å². The van der Waals surface area contributed by atoms with E-state index in [0.29, 0.717) is 18.3 Å². The van der Waals surface area contributed by atoms with Gasteiger partial charge in [-0.15, -0.1) is 0 Å². The summed E-state index contributed by atoms with van der Waals surface area (Å²) in [6.07, 6.45) is 0. The Kier molecular flexibility index (Phi) is 3.93. The molecular weight excluding hydrogens is 233 g/mol. The highest BCUT2D eigenvalue weighted by molar-refractivity contribution is 5.95. The minimum atomic E-state index is -0.348. The predicted octanol–water partition coefficient (Wildman–Crippen LogP) is 1.02. The molecule has 1 aliphatic rings. The van der Waals surface area contributed by atoms with Crippen molar-refractivity contribution in [1.29, 1.82) is 0 Å². The Morgan fingerprint density at radius 2 is 2.17 bits per heavy atom. The molecule has 2 unspecified atom stereocenters. The number of amides is 1. The van der Waals surface area contributed by atoms with Gasteiger partial charge in [0.1, 0.15) is 5.82 Å². The molecule has 2 atom stereocenters. The van der Waals surface area contributed by atoms with Crippen LogP contribution in [0, 0.1) is 12.7 Å². The largest absolute Gasteiger partial charge is 0.324 e. The molecule has 1 aliphatic heterocycles. The van der Waals surface area contributed by atoms with Crippen LogP contribution in [-0.2, 0) is 4.79 Å². The van der Waals surface area contributed by atoms with Crippen LogP contribution in [0.5, 0.6) is 0 Å². The molecule has 0 aromatic heterocycles. The second kappa shape index (κ2) is 5.46. The van der Waals surface area contributed by atoms with Gasteiger partial charge in [0.15, 0.2) is 0 Å². The number of carbonyl (C=O) groups is 1. The van der Waals surface area contributed by atoms with Gasteiger partial charge in [-0.25, -0.2) is 4.39 Å². The Balaban J connectivity index is 2.00. The second-order valence-corrected chi connectivity index (χ2v) is 4.72. The Morgan fingerprint density at radius 1 is 1.39 bits per heavy atom. The zero-order chi connectivity index (χ0) is 13.1.